The summed E-state index contributed by atoms with van der Waals surface area (Å²) in [5.74, 6) is -1.27. The monoisotopic (exact) mass is 506 g/mol. The first kappa shape index (κ1) is 26.5. The van der Waals surface area contributed by atoms with Crippen LogP contribution in [0.1, 0.15) is 39.0 Å². The molecular weight excluding hydrogens is 476 g/mol. The van der Waals surface area contributed by atoms with Gasteiger partial charge in [-0.2, -0.15) is 0 Å². The van der Waals surface area contributed by atoms with Gasteiger partial charge in [0.1, 0.15) is 0 Å². The fourth-order valence-electron chi connectivity index (χ4n) is 3.90. The smallest absolute Gasteiger partial charge is 0.339 e. The van der Waals surface area contributed by atoms with Crippen LogP contribution in [0.25, 0.3) is 33.9 Å². The van der Waals surface area contributed by atoms with E-state index in [1.54, 1.807) is 33.8 Å². The van der Waals surface area contributed by atoms with Gasteiger partial charge in [0.2, 0.25) is 0 Å². The summed E-state index contributed by atoms with van der Waals surface area (Å²) < 4.78 is 10.9. The maximum atomic E-state index is 13.4. The van der Waals surface area contributed by atoms with Crippen LogP contribution in [-0.2, 0) is 19.1 Å². The standard InChI is InChI=1S/C32H30N2O4/c1-21(2)37-30(35)20-26(32(36)38-22(3)4)25(23-13-7-5-8-14-23)19-29-31(24-15-9-6-10-16-24)34-28-18-12-11-17-27(28)33-29/h5-22H,1-4H3/b25-19+,26-20-. The van der Waals surface area contributed by atoms with Gasteiger partial charge >= 0.3 is 11.9 Å². The highest BCUT2D eigenvalue weighted by molar-refractivity contribution is 6.14. The van der Waals surface area contributed by atoms with E-state index in [1.165, 1.54) is 6.08 Å². The third-order valence-electron chi connectivity index (χ3n) is 5.48. The second kappa shape index (κ2) is 12.1. The number of carbonyl (C=O) groups is 2. The molecule has 0 aliphatic carbocycles. The van der Waals surface area contributed by atoms with Crippen molar-refractivity contribution in [3.63, 3.8) is 0 Å². The number of rotatable bonds is 8. The van der Waals surface area contributed by atoms with Crippen molar-refractivity contribution in [1.82, 2.24) is 9.97 Å². The molecule has 0 saturated heterocycles. The predicted octanol–water partition coefficient (Wildman–Crippen LogP) is 6.67. The van der Waals surface area contributed by atoms with Crippen molar-refractivity contribution in [3.8, 4) is 11.3 Å². The number of ether oxygens (including phenoxy) is 2. The lowest BCUT2D eigenvalue weighted by atomic mass is 9.95. The molecule has 0 N–H and O–H groups in total. The Bertz CT molecular complexity index is 1490. The van der Waals surface area contributed by atoms with Gasteiger partial charge in [-0.3, -0.25) is 0 Å². The third kappa shape index (κ3) is 6.59. The van der Waals surface area contributed by atoms with Crippen molar-refractivity contribution in [3.05, 3.63) is 108 Å². The van der Waals surface area contributed by atoms with Crippen LogP contribution in [0.4, 0.5) is 0 Å². The van der Waals surface area contributed by atoms with Crippen molar-refractivity contribution in [2.45, 2.75) is 39.9 Å². The fourth-order valence-corrected chi connectivity index (χ4v) is 3.90. The fraction of sp³-hybridized carbons (Fsp3) is 0.188. The number of nitrogens with zero attached hydrogens (tertiary/aromatic N) is 2. The Labute approximate surface area is 222 Å². The maximum Gasteiger partial charge on any atom is 0.339 e. The molecule has 6 nitrogen and oxygen atoms in total. The van der Waals surface area contributed by atoms with Crippen molar-refractivity contribution in [2.75, 3.05) is 0 Å². The van der Waals surface area contributed by atoms with Crippen LogP contribution >= 0.6 is 0 Å². The average Bonchev–Trinajstić information content (AvgIpc) is 2.90. The molecule has 0 radical (unpaired) electrons. The topological polar surface area (TPSA) is 78.4 Å². The maximum absolute atomic E-state index is 13.4. The van der Waals surface area contributed by atoms with E-state index in [1.807, 2.05) is 84.9 Å². The molecule has 38 heavy (non-hydrogen) atoms. The minimum absolute atomic E-state index is 0.0736. The molecule has 0 atom stereocenters. The van der Waals surface area contributed by atoms with Gasteiger partial charge in [0.25, 0.3) is 0 Å². The third-order valence-corrected chi connectivity index (χ3v) is 5.48. The number of para-hydroxylation sites is 2. The van der Waals surface area contributed by atoms with Gasteiger partial charge in [-0.15, -0.1) is 0 Å². The first-order valence-electron chi connectivity index (χ1n) is 12.5. The van der Waals surface area contributed by atoms with Gasteiger partial charge in [0.05, 0.1) is 40.2 Å². The second-order valence-electron chi connectivity index (χ2n) is 9.23. The zero-order valence-corrected chi connectivity index (χ0v) is 21.9. The lowest BCUT2D eigenvalue weighted by Gasteiger charge is -2.16. The van der Waals surface area contributed by atoms with Crippen molar-refractivity contribution in [2.24, 2.45) is 0 Å². The van der Waals surface area contributed by atoms with Crippen LogP contribution < -0.4 is 0 Å². The molecule has 4 rings (SSSR count). The summed E-state index contributed by atoms with van der Waals surface area (Å²) >= 11 is 0. The number of aromatic nitrogens is 2. The van der Waals surface area contributed by atoms with Gasteiger partial charge in [0.15, 0.2) is 0 Å². The largest absolute Gasteiger partial charge is 0.460 e. The van der Waals surface area contributed by atoms with E-state index >= 15 is 0 Å². The second-order valence-corrected chi connectivity index (χ2v) is 9.23. The van der Waals surface area contributed by atoms with Crippen LogP contribution in [0.2, 0.25) is 0 Å². The van der Waals surface area contributed by atoms with Gasteiger partial charge < -0.3 is 9.47 Å². The molecule has 0 spiro atoms. The van der Waals surface area contributed by atoms with Gasteiger partial charge in [-0.25, -0.2) is 19.6 Å². The summed E-state index contributed by atoms with van der Waals surface area (Å²) in [5.41, 5.74) is 4.79. The quantitative estimate of drug-likeness (QED) is 0.151. The Hall–Kier alpha value is -4.58. The number of fused-ring (bicyclic) bond motifs is 1. The van der Waals surface area contributed by atoms with Gasteiger partial charge in [-0.05, 0) is 57.0 Å². The molecule has 0 unspecified atom stereocenters. The zero-order valence-electron chi connectivity index (χ0n) is 21.9. The molecule has 0 bridgehead atoms. The number of benzene rings is 3. The minimum atomic E-state index is -0.634. The van der Waals surface area contributed by atoms with Crippen LogP contribution in [0, 0.1) is 0 Å². The molecule has 0 amide bonds. The van der Waals surface area contributed by atoms with Crippen molar-refractivity contribution < 1.29 is 19.1 Å². The molecule has 6 heteroatoms. The molecule has 1 aromatic heterocycles. The highest BCUT2D eigenvalue weighted by Gasteiger charge is 2.23. The number of hydrogen-bond donors (Lipinski definition) is 0. The normalized spacial score (nSPS) is 12.2. The number of esters is 2. The predicted molar refractivity (Wildman–Crippen MR) is 150 cm³/mol. The summed E-state index contributed by atoms with van der Waals surface area (Å²) in [6.45, 7) is 7.03. The highest BCUT2D eigenvalue weighted by Crippen LogP contribution is 2.31. The van der Waals surface area contributed by atoms with E-state index in [4.69, 9.17) is 19.4 Å². The number of hydrogen-bond acceptors (Lipinski definition) is 6. The average molecular weight is 507 g/mol. The van der Waals surface area contributed by atoms with Crippen LogP contribution in [0.3, 0.4) is 0 Å². The summed E-state index contributed by atoms with van der Waals surface area (Å²) in [6, 6.07) is 26.7. The van der Waals surface area contributed by atoms with E-state index < -0.39 is 11.9 Å². The molecule has 4 aromatic rings. The van der Waals surface area contributed by atoms with E-state index in [9.17, 15) is 9.59 Å². The lowest BCUT2D eigenvalue weighted by Crippen LogP contribution is -2.17. The molecule has 192 valence electrons. The molecule has 0 aliphatic heterocycles. The van der Waals surface area contributed by atoms with Gasteiger partial charge in [0, 0.05) is 11.6 Å². The zero-order chi connectivity index (χ0) is 27.1. The summed E-state index contributed by atoms with van der Waals surface area (Å²) in [4.78, 5) is 35.9. The summed E-state index contributed by atoms with van der Waals surface area (Å²) in [7, 11) is 0. The summed E-state index contributed by atoms with van der Waals surface area (Å²) in [5, 5.41) is 0. The molecule has 0 fully saturated rings. The molecular formula is C32H30N2O4. The van der Waals surface area contributed by atoms with Crippen molar-refractivity contribution >= 4 is 34.6 Å². The van der Waals surface area contributed by atoms with Crippen molar-refractivity contribution in [1.29, 1.82) is 0 Å². The number of carbonyl (C=O) groups excluding carboxylic acids is 2. The first-order chi connectivity index (χ1) is 18.3. The molecule has 1 heterocycles. The Balaban J connectivity index is 2.00. The Morgan fingerprint density at radius 2 is 1.26 bits per heavy atom. The highest BCUT2D eigenvalue weighted by atomic mass is 16.5. The van der Waals surface area contributed by atoms with Crippen LogP contribution in [0.15, 0.2) is 96.6 Å². The van der Waals surface area contributed by atoms with E-state index in [0.717, 1.165) is 11.1 Å². The van der Waals surface area contributed by atoms with E-state index in [2.05, 4.69) is 0 Å². The summed E-state index contributed by atoms with van der Waals surface area (Å²) in [6.07, 6.45) is 2.25. The molecule has 0 aliphatic rings. The Morgan fingerprint density at radius 3 is 1.87 bits per heavy atom. The Kier molecular flexibility index (Phi) is 8.44. The molecule has 3 aromatic carbocycles. The molecule has 0 saturated carbocycles. The van der Waals surface area contributed by atoms with Crippen LogP contribution in [-0.4, -0.2) is 34.1 Å². The SMILES string of the molecule is CC(C)OC(=O)/C=C(C(=O)OC(C)C)/C(=C/c1nc2ccccc2nc1-c1ccccc1)c1ccccc1. The first-order valence-corrected chi connectivity index (χ1v) is 12.5. The van der Waals surface area contributed by atoms with Gasteiger partial charge in [-0.1, -0.05) is 72.8 Å². The van der Waals surface area contributed by atoms with Crippen LogP contribution in [0.5, 0.6) is 0 Å². The minimum Gasteiger partial charge on any atom is -0.460 e. The van der Waals surface area contributed by atoms with E-state index in [0.29, 0.717) is 28.0 Å². The Morgan fingerprint density at radius 1 is 0.711 bits per heavy atom. The van der Waals surface area contributed by atoms with E-state index in [-0.39, 0.29) is 17.8 Å². The lowest BCUT2D eigenvalue weighted by molar-refractivity contribution is -0.144.